The van der Waals surface area contributed by atoms with Gasteiger partial charge >= 0.3 is 0 Å². The fourth-order valence-corrected chi connectivity index (χ4v) is 2.93. The number of ketones is 1. The normalized spacial score (nSPS) is 12.8. The molecule has 0 spiro atoms. The number of carbonyl (C=O) groups is 1. The van der Waals surface area contributed by atoms with Gasteiger partial charge in [0.1, 0.15) is 5.75 Å². The molecule has 1 heterocycles. The quantitative estimate of drug-likeness (QED) is 0.464. The Balaban J connectivity index is 1.92. The van der Waals surface area contributed by atoms with E-state index in [1.54, 1.807) is 43.5 Å². The van der Waals surface area contributed by atoms with Crippen molar-refractivity contribution in [2.75, 3.05) is 26.7 Å². The number of allylic oxidation sites excluding steroid dienone is 1. The topological polar surface area (TPSA) is 80.0 Å². The molecule has 0 saturated carbocycles. The zero-order valence-corrected chi connectivity index (χ0v) is 15.3. The summed E-state index contributed by atoms with van der Waals surface area (Å²) in [6, 6.07) is 8.44. The molecular formula is C18H16BrNO5. The lowest BCUT2D eigenvalue weighted by molar-refractivity contribution is 0.104. The number of fused-ring (bicyclic) bond motifs is 1. The predicted octanol–water partition coefficient (Wildman–Crippen LogP) is 3.63. The number of ether oxygens (including phenoxy) is 4. The zero-order chi connectivity index (χ0) is 18.0. The number of nitrogen functional groups attached to an aromatic ring is 1. The number of hydrogen-bond acceptors (Lipinski definition) is 6. The predicted molar refractivity (Wildman–Crippen MR) is 97.8 cm³/mol. The molecular weight excluding hydrogens is 390 g/mol. The Morgan fingerprint density at radius 1 is 1.16 bits per heavy atom. The minimum absolute atomic E-state index is 0.143. The summed E-state index contributed by atoms with van der Waals surface area (Å²) in [5, 5.41) is 0. The molecule has 0 saturated heterocycles. The van der Waals surface area contributed by atoms with E-state index in [1.165, 1.54) is 7.11 Å². The van der Waals surface area contributed by atoms with Crippen molar-refractivity contribution in [1.29, 1.82) is 0 Å². The summed E-state index contributed by atoms with van der Waals surface area (Å²) < 4.78 is 21.6. The molecule has 3 rings (SSSR count). The third-order valence-electron chi connectivity index (χ3n) is 3.69. The Morgan fingerprint density at radius 3 is 2.64 bits per heavy atom. The maximum absolute atomic E-state index is 12.6. The Bertz CT molecular complexity index is 863. The van der Waals surface area contributed by atoms with Crippen LogP contribution in [-0.4, -0.2) is 26.8 Å². The third kappa shape index (κ3) is 3.41. The first-order chi connectivity index (χ1) is 12.0. The molecule has 130 valence electrons. The van der Waals surface area contributed by atoms with Crippen LogP contribution in [0.1, 0.15) is 15.9 Å². The van der Waals surface area contributed by atoms with Crippen LogP contribution in [0.15, 0.2) is 34.8 Å². The number of carbonyl (C=O) groups excluding carboxylic acids is 1. The van der Waals surface area contributed by atoms with Gasteiger partial charge in [-0.25, -0.2) is 0 Å². The van der Waals surface area contributed by atoms with Crippen molar-refractivity contribution in [3.05, 3.63) is 45.9 Å². The molecule has 0 fully saturated rings. The first kappa shape index (κ1) is 17.2. The minimum Gasteiger partial charge on any atom is -0.495 e. The van der Waals surface area contributed by atoms with Crippen molar-refractivity contribution in [3.63, 3.8) is 0 Å². The lowest BCUT2D eigenvalue weighted by Gasteiger charge is -2.08. The summed E-state index contributed by atoms with van der Waals surface area (Å²) >= 11 is 3.34. The van der Waals surface area contributed by atoms with Crippen molar-refractivity contribution < 1.29 is 23.7 Å². The lowest BCUT2D eigenvalue weighted by Crippen LogP contribution is -2.01. The molecule has 1 aliphatic rings. The number of halogens is 1. The molecule has 7 heteroatoms. The monoisotopic (exact) mass is 405 g/mol. The second-order valence-electron chi connectivity index (χ2n) is 5.24. The smallest absolute Gasteiger partial charge is 0.231 e. The van der Waals surface area contributed by atoms with Crippen LogP contribution in [0.25, 0.3) is 6.08 Å². The second-order valence-corrected chi connectivity index (χ2v) is 6.09. The van der Waals surface area contributed by atoms with E-state index < -0.39 is 0 Å². The zero-order valence-electron chi connectivity index (χ0n) is 13.7. The number of hydrogen-bond donors (Lipinski definition) is 1. The van der Waals surface area contributed by atoms with Gasteiger partial charge < -0.3 is 24.7 Å². The molecule has 0 atom stereocenters. The highest BCUT2D eigenvalue weighted by atomic mass is 79.9. The van der Waals surface area contributed by atoms with Crippen LogP contribution in [0.2, 0.25) is 0 Å². The van der Waals surface area contributed by atoms with Gasteiger partial charge in [0.15, 0.2) is 17.3 Å². The Kier molecular flexibility index (Phi) is 4.85. The number of nitrogens with two attached hydrogens (primary N) is 1. The van der Waals surface area contributed by atoms with E-state index >= 15 is 0 Å². The van der Waals surface area contributed by atoms with Crippen molar-refractivity contribution >= 4 is 33.5 Å². The van der Waals surface area contributed by atoms with Crippen LogP contribution in [0, 0.1) is 0 Å². The van der Waals surface area contributed by atoms with Crippen molar-refractivity contribution in [2.45, 2.75) is 0 Å². The molecule has 2 aromatic rings. The highest BCUT2D eigenvalue weighted by Gasteiger charge is 2.20. The summed E-state index contributed by atoms with van der Waals surface area (Å²) in [6.07, 6.45) is 1.69. The molecule has 25 heavy (non-hydrogen) atoms. The standard InChI is InChI=1S/C18H16BrNO5/c1-22-14-8-11(3-4-13(14)20)17(21)12(19)5-10-6-15(23-2)18-16(7-10)24-9-25-18/h3-8H,9,20H2,1-2H3. The second kappa shape index (κ2) is 7.06. The number of rotatable bonds is 5. The van der Waals surface area contributed by atoms with Crippen molar-refractivity contribution in [2.24, 2.45) is 0 Å². The third-order valence-corrected chi connectivity index (χ3v) is 4.28. The van der Waals surface area contributed by atoms with Crippen LogP contribution in [0.5, 0.6) is 23.0 Å². The van der Waals surface area contributed by atoms with E-state index in [2.05, 4.69) is 15.9 Å². The Hall–Kier alpha value is -2.67. The van der Waals surface area contributed by atoms with Crippen LogP contribution >= 0.6 is 15.9 Å². The maximum Gasteiger partial charge on any atom is 0.231 e. The van der Waals surface area contributed by atoms with Gasteiger partial charge in [-0.15, -0.1) is 0 Å². The van der Waals surface area contributed by atoms with Gasteiger partial charge in [-0.3, -0.25) is 4.79 Å². The molecule has 0 bridgehead atoms. The molecule has 2 N–H and O–H groups in total. The molecule has 0 amide bonds. The average molecular weight is 406 g/mol. The molecule has 0 unspecified atom stereocenters. The highest BCUT2D eigenvalue weighted by Crippen LogP contribution is 2.42. The SMILES string of the molecule is COc1cc(C(=O)C(Br)=Cc2cc(OC)c3c(c2)OCO3)ccc1N. The van der Waals surface area contributed by atoms with E-state index in [0.717, 1.165) is 5.56 Å². The molecule has 6 nitrogen and oxygen atoms in total. The van der Waals surface area contributed by atoms with Gasteiger partial charge in [0.05, 0.1) is 24.4 Å². The van der Waals surface area contributed by atoms with Gasteiger partial charge in [0.2, 0.25) is 12.5 Å². The van der Waals surface area contributed by atoms with Gasteiger partial charge in [-0.1, -0.05) is 0 Å². The van der Waals surface area contributed by atoms with Crippen molar-refractivity contribution in [3.8, 4) is 23.0 Å². The molecule has 0 aromatic heterocycles. The number of benzene rings is 2. The van der Waals surface area contributed by atoms with Crippen molar-refractivity contribution in [1.82, 2.24) is 0 Å². The number of methoxy groups -OCH3 is 2. The molecule has 0 aliphatic carbocycles. The van der Waals surface area contributed by atoms with Gasteiger partial charge in [-0.05, 0) is 57.9 Å². The Morgan fingerprint density at radius 2 is 1.92 bits per heavy atom. The molecule has 0 radical (unpaired) electrons. The first-order valence-electron chi connectivity index (χ1n) is 7.36. The average Bonchev–Trinajstić information content (AvgIpc) is 3.09. The van der Waals surface area contributed by atoms with Gasteiger partial charge in [0.25, 0.3) is 0 Å². The van der Waals surface area contributed by atoms with Gasteiger partial charge in [-0.2, -0.15) is 0 Å². The number of anilines is 1. The largest absolute Gasteiger partial charge is 0.495 e. The fraction of sp³-hybridized carbons (Fsp3) is 0.167. The van der Waals surface area contributed by atoms with E-state index in [0.29, 0.717) is 38.7 Å². The number of Topliss-reactive ketones (excluding diaryl/α,β-unsaturated/α-hetero) is 1. The molecule has 2 aromatic carbocycles. The van der Waals surface area contributed by atoms with E-state index in [1.807, 2.05) is 0 Å². The van der Waals surface area contributed by atoms with Gasteiger partial charge in [0, 0.05) is 5.56 Å². The summed E-state index contributed by atoms with van der Waals surface area (Å²) in [7, 11) is 3.05. The first-order valence-corrected chi connectivity index (χ1v) is 8.16. The van der Waals surface area contributed by atoms with Crippen LogP contribution in [0.4, 0.5) is 5.69 Å². The summed E-state index contributed by atoms with van der Waals surface area (Å²) in [6.45, 7) is 0.143. The maximum atomic E-state index is 12.6. The summed E-state index contributed by atoms with van der Waals surface area (Å²) in [4.78, 5) is 12.6. The van der Waals surface area contributed by atoms with Crippen LogP contribution in [0.3, 0.4) is 0 Å². The lowest BCUT2D eigenvalue weighted by atomic mass is 10.1. The van der Waals surface area contributed by atoms with Crippen LogP contribution < -0.4 is 24.7 Å². The summed E-state index contributed by atoms with van der Waals surface area (Å²) in [5.74, 6) is 1.94. The van der Waals surface area contributed by atoms with E-state index in [-0.39, 0.29) is 12.6 Å². The van der Waals surface area contributed by atoms with E-state index in [4.69, 9.17) is 24.7 Å². The van der Waals surface area contributed by atoms with E-state index in [9.17, 15) is 4.79 Å². The fourth-order valence-electron chi connectivity index (χ4n) is 2.44. The summed E-state index contributed by atoms with van der Waals surface area (Å²) in [5.41, 5.74) is 7.45. The van der Waals surface area contributed by atoms with Crippen LogP contribution in [-0.2, 0) is 0 Å². The molecule has 1 aliphatic heterocycles. The highest BCUT2D eigenvalue weighted by molar-refractivity contribution is 9.12. The Labute approximate surface area is 153 Å². The minimum atomic E-state index is -0.199.